The van der Waals surface area contributed by atoms with Gasteiger partial charge < -0.3 is 5.73 Å². The second-order valence-electron chi connectivity index (χ2n) is 6.65. The van der Waals surface area contributed by atoms with Gasteiger partial charge in [0.05, 0.1) is 6.54 Å². The molecule has 1 aliphatic heterocycles. The van der Waals surface area contributed by atoms with Gasteiger partial charge in [0.15, 0.2) is 5.82 Å². The van der Waals surface area contributed by atoms with E-state index in [0.717, 1.165) is 48.5 Å². The maximum atomic E-state index is 14.7. The normalized spacial score (nSPS) is 16.6. The summed E-state index contributed by atoms with van der Waals surface area (Å²) in [4.78, 5) is 6.75. The molecule has 3 aromatic rings. The van der Waals surface area contributed by atoms with E-state index in [0.29, 0.717) is 24.4 Å². The molecular formula is C19H22FN5. The van der Waals surface area contributed by atoms with E-state index in [1.807, 2.05) is 36.4 Å². The first-order chi connectivity index (χ1) is 12.2. The molecule has 1 fully saturated rings. The maximum absolute atomic E-state index is 14.7. The van der Waals surface area contributed by atoms with Gasteiger partial charge in [-0.2, -0.15) is 5.10 Å². The van der Waals surface area contributed by atoms with E-state index >= 15 is 0 Å². The van der Waals surface area contributed by atoms with Crippen molar-refractivity contribution in [2.45, 2.75) is 31.8 Å². The molecule has 2 heterocycles. The summed E-state index contributed by atoms with van der Waals surface area (Å²) >= 11 is 0. The van der Waals surface area contributed by atoms with Gasteiger partial charge in [-0.25, -0.2) is 9.37 Å². The van der Waals surface area contributed by atoms with Crippen LogP contribution in [0.3, 0.4) is 0 Å². The number of hydrogen-bond acceptors (Lipinski definition) is 4. The number of hydrogen-bond donors (Lipinski definition) is 2. The average molecular weight is 339 g/mol. The minimum absolute atomic E-state index is 0.0956. The van der Waals surface area contributed by atoms with E-state index in [1.54, 1.807) is 0 Å². The summed E-state index contributed by atoms with van der Waals surface area (Å²) in [6.45, 7) is 2.87. The Bertz CT molecular complexity index is 867. The molecule has 0 spiro atoms. The Hall–Kier alpha value is -2.31. The molecule has 0 unspecified atom stereocenters. The van der Waals surface area contributed by atoms with E-state index in [2.05, 4.69) is 20.1 Å². The quantitative estimate of drug-likeness (QED) is 0.767. The van der Waals surface area contributed by atoms with E-state index in [-0.39, 0.29) is 5.82 Å². The van der Waals surface area contributed by atoms with Crippen LogP contribution < -0.4 is 5.73 Å². The summed E-state index contributed by atoms with van der Waals surface area (Å²) < 4.78 is 14.7. The summed E-state index contributed by atoms with van der Waals surface area (Å²) in [6.07, 6.45) is 1.97. The molecule has 2 aromatic carbocycles. The second kappa shape index (κ2) is 6.90. The van der Waals surface area contributed by atoms with Crippen molar-refractivity contribution < 1.29 is 4.39 Å². The van der Waals surface area contributed by atoms with Gasteiger partial charge in [-0.15, -0.1) is 0 Å². The predicted octanol–water partition coefficient (Wildman–Crippen LogP) is 2.94. The van der Waals surface area contributed by atoms with Crippen molar-refractivity contribution in [1.29, 1.82) is 0 Å². The average Bonchev–Trinajstić information content (AvgIpc) is 3.14. The van der Waals surface area contributed by atoms with Crippen molar-refractivity contribution in [2.75, 3.05) is 13.1 Å². The van der Waals surface area contributed by atoms with Gasteiger partial charge in [-0.1, -0.05) is 36.4 Å². The Labute approximate surface area is 146 Å². The maximum Gasteiger partial charge on any atom is 0.153 e. The van der Waals surface area contributed by atoms with Crippen molar-refractivity contribution in [2.24, 2.45) is 5.73 Å². The Morgan fingerprint density at radius 3 is 2.72 bits per heavy atom. The lowest BCUT2D eigenvalue weighted by atomic mass is 9.95. The molecule has 0 bridgehead atoms. The fraction of sp³-hybridized carbons (Fsp3) is 0.368. The van der Waals surface area contributed by atoms with Gasteiger partial charge in [0, 0.05) is 23.4 Å². The van der Waals surface area contributed by atoms with Crippen LogP contribution in [-0.4, -0.2) is 33.2 Å². The number of benzene rings is 2. The molecule has 0 aliphatic carbocycles. The van der Waals surface area contributed by atoms with Gasteiger partial charge in [0.1, 0.15) is 11.6 Å². The summed E-state index contributed by atoms with van der Waals surface area (Å²) in [6, 6.07) is 11.5. The first-order valence-corrected chi connectivity index (χ1v) is 8.74. The highest BCUT2D eigenvalue weighted by Crippen LogP contribution is 2.28. The van der Waals surface area contributed by atoms with Crippen molar-refractivity contribution >= 4 is 10.8 Å². The van der Waals surface area contributed by atoms with Crippen LogP contribution in [0.25, 0.3) is 10.8 Å². The third-order valence-corrected chi connectivity index (χ3v) is 5.03. The SMILES string of the molecule is NCc1nc(C2CCN(Cc3ccc4ccccc4c3F)CC2)n[nH]1. The van der Waals surface area contributed by atoms with Crippen LogP contribution >= 0.6 is 0 Å². The smallest absolute Gasteiger partial charge is 0.153 e. The summed E-state index contributed by atoms with van der Waals surface area (Å²) in [5.41, 5.74) is 6.34. The molecular weight excluding hydrogens is 317 g/mol. The Morgan fingerprint density at radius 2 is 1.96 bits per heavy atom. The van der Waals surface area contributed by atoms with Crippen molar-refractivity contribution in [3.63, 3.8) is 0 Å². The van der Waals surface area contributed by atoms with Crippen LogP contribution in [0.5, 0.6) is 0 Å². The monoisotopic (exact) mass is 339 g/mol. The number of aromatic nitrogens is 3. The fourth-order valence-corrected chi connectivity index (χ4v) is 3.57. The minimum Gasteiger partial charge on any atom is -0.324 e. The lowest BCUT2D eigenvalue weighted by Gasteiger charge is -2.30. The molecule has 0 amide bonds. The second-order valence-corrected chi connectivity index (χ2v) is 6.65. The lowest BCUT2D eigenvalue weighted by molar-refractivity contribution is 0.200. The van der Waals surface area contributed by atoms with E-state index in [4.69, 9.17) is 5.73 Å². The van der Waals surface area contributed by atoms with Gasteiger partial charge in [0.2, 0.25) is 0 Å². The zero-order valence-corrected chi connectivity index (χ0v) is 14.1. The molecule has 0 saturated carbocycles. The molecule has 4 rings (SSSR count). The largest absolute Gasteiger partial charge is 0.324 e. The van der Waals surface area contributed by atoms with E-state index < -0.39 is 0 Å². The number of halogens is 1. The number of aromatic amines is 1. The lowest BCUT2D eigenvalue weighted by Crippen LogP contribution is -2.33. The molecule has 25 heavy (non-hydrogen) atoms. The molecule has 3 N–H and O–H groups in total. The summed E-state index contributed by atoms with van der Waals surface area (Å²) in [5.74, 6) is 1.85. The summed E-state index contributed by atoms with van der Waals surface area (Å²) in [7, 11) is 0. The van der Waals surface area contributed by atoms with Crippen LogP contribution in [0.2, 0.25) is 0 Å². The van der Waals surface area contributed by atoms with E-state index in [1.165, 1.54) is 0 Å². The van der Waals surface area contributed by atoms with Crippen LogP contribution in [0, 0.1) is 5.82 Å². The standard InChI is InChI=1S/C19H22FN5/c20-18-15(6-5-13-3-1-2-4-16(13)18)12-25-9-7-14(8-10-25)19-22-17(11-21)23-24-19/h1-6,14H,7-12,21H2,(H,22,23,24). The first-order valence-electron chi connectivity index (χ1n) is 8.74. The third-order valence-electron chi connectivity index (χ3n) is 5.03. The number of piperidine rings is 1. The first kappa shape index (κ1) is 16.2. The van der Waals surface area contributed by atoms with Crippen LogP contribution in [0.1, 0.15) is 36.0 Å². The number of nitrogens with zero attached hydrogens (tertiary/aromatic N) is 3. The Balaban J connectivity index is 1.42. The Morgan fingerprint density at radius 1 is 1.16 bits per heavy atom. The molecule has 0 atom stereocenters. The van der Waals surface area contributed by atoms with Crippen LogP contribution in [-0.2, 0) is 13.1 Å². The highest BCUT2D eigenvalue weighted by molar-refractivity contribution is 5.83. The van der Waals surface area contributed by atoms with Crippen LogP contribution in [0.15, 0.2) is 36.4 Å². The number of fused-ring (bicyclic) bond motifs is 1. The van der Waals surface area contributed by atoms with E-state index in [9.17, 15) is 4.39 Å². The van der Waals surface area contributed by atoms with Gasteiger partial charge in [0.25, 0.3) is 0 Å². The topological polar surface area (TPSA) is 70.8 Å². The van der Waals surface area contributed by atoms with Gasteiger partial charge >= 0.3 is 0 Å². The van der Waals surface area contributed by atoms with Gasteiger partial charge in [-0.3, -0.25) is 10.00 Å². The Kier molecular flexibility index (Phi) is 4.46. The molecule has 6 heteroatoms. The van der Waals surface area contributed by atoms with Crippen molar-refractivity contribution in [1.82, 2.24) is 20.1 Å². The minimum atomic E-state index is -0.0956. The number of nitrogens with two attached hydrogens (primary N) is 1. The third kappa shape index (κ3) is 3.27. The molecule has 130 valence electrons. The fourth-order valence-electron chi connectivity index (χ4n) is 3.57. The van der Waals surface area contributed by atoms with Crippen molar-refractivity contribution in [3.05, 3.63) is 59.4 Å². The molecule has 1 aromatic heterocycles. The number of rotatable bonds is 4. The number of nitrogens with one attached hydrogen (secondary N) is 1. The molecule has 1 aliphatic rings. The molecule has 0 radical (unpaired) electrons. The van der Waals surface area contributed by atoms with Crippen molar-refractivity contribution in [3.8, 4) is 0 Å². The molecule has 5 nitrogen and oxygen atoms in total. The predicted molar refractivity (Wildman–Crippen MR) is 95.4 cm³/mol. The van der Waals surface area contributed by atoms with Crippen LogP contribution in [0.4, 0.5) is 4.39 Å². The zero-order valence-electron chi connectivity index (χ0n) is 14.1. The highest BCUT2D eigenvalue weighted by Gasteiger charge is 2.24. The summed E-state index contributed by atoms with van der Waals surface area (Å²) in [5, 5.41) is 8.80. The highest BCUT2D eigenvalue weighted by atomic mass is 19.1. The number of H-pyrrole nitrogens is 1. The number of likely N-dealkylation sites (tertiary alicyclic amines) is 1. The zero-order chi connectivity index (χ0) is 17.2. The molecule has 1 saturated heterocycles. The van der Waals surface area contributed by atoms with Gasteiger partial charge in [-0.05, 0) is 31.3 Å².